The maximum Gasteiger partial charge on any atom is 0.148 e. The van der Waals surface area contributed by atoms with Gasteiger partial charge in [0.05, 0.1) is 20.1 Å². The molecule has 16 heavy (non-hydrogen) atoms. The third-order valence-corrected chi connectivity index (χ3v) is 2.16. The van der Waals surface area contributed by atoms with E-state index < -0.39 is 0 Å². The largest absolute Gasteiger partial charge is 0.497 e. The summed E-state index contributed by atoms with van der Waals surface area (Å²) in [6, 6.07) is 5.46. The zero-order valence-electron chi connectivity index (χ0n) is 9.99. The lowest BCUT2D eigenvalue weighted by Gasteiger charge is -2.07. The molecule has 0 radical (unpaired) electrons. The molecule has 0 fully saturated rings. The summed E-state index contributed by atoms with van der Waals surface area (Å²) in [5, 5.41) is 0. The van der Waals surface area contributed by atoms with Gasteiger partial charge in [0.15, 0.2) is 0 Å². The van der Waals surface area contributed by atoms with Crippen LogP contribution in [0.15, 0.2) is 23.2 Å². The monoisotopic (exact) mass is 222 g/mol. The van der Waals surface area contributed by atoms with Crippen molar-refractivity contribution >= 4 is 11.5 Å². The summed E-state index contributed by atoms with van der Waals surface area (Å²) in [6.45, 7) is 2.06. The zero-order valence-corrected chi connectivity index (χ0v) is 9.99. The van der Waals surface area contributed by atoms with E-state index in [1.807, 2.05) is 12.1 Å². The summed E-state index contributed by atoms with van der Waals surface area (Å²) in [5.41, 5.74) is 6.50. The Kier molecular flexibility index (Phi) is 4.64. The molecular formula is C12H18N2O2. The van der Waals surface area contributed by atoms with E-state index in [9.17, 15) is 0 Å². The molecule has 88 valence electrons. The maximum absolute atomic E-state index is 5.77. The molecule has 2 N–H and O–H groups in total. The number of amidine groups is 1. The molecule has 4 nitrogen and oxygen atoms in total. The Morgan fingerprint density at radius 3 is 2.62 bits per heavy atom. The second-order valence-electron chi connectivity index (χ2n) is 3.39. The number of nitrogens with zero attached hydrogens (tertiary/aromatic N) is 1. The van der Waals surface area contributed by atoms with Gasteiger partial charge < -0.3 is 15.2 Å². The molecule has 0 saturated heterocycles. The van der Waals surface area contributed by atoms with Gasteiger partial charge in [-0.05, 0) is 18.6 Å². The number of methoxy groups -OCH3 is 2. The summed E-state index contributed by atoms with van der Waals surface area (Å²) in [4.78, 5) is 4.31. The van der Waals surface area contributed by atoms with Gasteiger partial charge in [-0.1, -0.05) is 6.92 Å². The van der Waals surface area contributed by atoms with Crippen molar-refractivity contribution < 1.29 is 9.47 Å². The Morgan fingerprint density at radius 1 is 1.31 bits per heavy atom. The zero-order chi connectivity index (χ0) is 12.0. The lowest BCUT2D eigenvalue weighted by molar-refractivity contribution is 0.395. The van der Waals surface area contributed by atoms with Gasteiger partial charge in [0.25, 0.3) is 0 Å². The summed E-state index contributed by atoms with van der Waals surface area (Å²) in [6.07, 6.45) is 1.77. The average Bonchev–Trinajstić information content (AvgIpc) is 2.30. The number of nitrogens with two attached hydrogens (primary N) is 1. The van der Waals surface area contributed by atoms with Gasteiger partial charge in [-0.25, -0.2) is 4.99 Å². The summed E-state index contributed by atoms with van der Waals surface area (Å²) in [7, 11) is 3.22. The van der Waals surface area contributed by atoms with E-state index in [2.05, 4.69) is 11.9 Å². The quantitative estimate of drug-likeness (QED) is 0.615. The molecule has 0 aliphatic rings. The van der Waals surface area contributed by atoms with Crippen LogP contribution in [0.4, 0.5) is 5.69 Å². The van der Waals surface area contributed by atoms with Crippen LogP contribution in [-0.2, 0) is 0 Å². The standard InChI is InChI=1S/C12H18N2O2/c1-4-5-12(13)14-10-7-6-9(15-2)8-11(10)16-3/h6-8H,4-5H2,1-3H3,(H2,13,14). The second-order valence-corrected chi connectivity index (χ2v) is 3.39. The van der Waals surface area contributed by atoms with E-state index in [0.29, 0.717) is 11.6 Å². The summed E-state index contributed by atoms with van der Waals surface area (Å²) < 4.78 is 10.3. The van der Waals surface area contributed by atoms with E-state index in [1.165, 1.54) is 0 Å². The summed E-state index contributed by atoms with van der Waals surface area (Å²) in [5.74, 6) is 2.02. The molecule has 0 saturated carbocycles. The minimum absolute atomic E-state index is 0.617. The van der Waals surface area contributed by atoms with Gasteiger partial charge in [0, 0.05) is 12.5 Å². The third kappa shape index (κ3) is 3.15. The first-order valence-corrected chi connectivity index (χ1v) is 5.26. The van der Waals surface area contributed by atoms with Gasteiger partial charge in [0.2, 0.25) is 0 Å². The van der Waals surface area contributed by atoms with Crippen LogP contribution >= 0.6 is 0 Å². The number of ether oxygens (including phenoxy) is 2. The van der Waals surface area contributed by atoms with E-state index in [4.69, 9.17) is 15.2 Å². The Hall–Kier alpha value is -1.71. The normalized spacial score (nSPS) is 11.3. The minimum Gasteiger partial charge on any atom is -0.497 e. The molecule has 0 unspecified atom stereocenters. The fraction of sp³-hybridized carbons (Fsp3) is 0.417. The SMILES string of the molecule is CCCC(N)=Nc1ccc(OC)cc1OC. The molecule has 0 aromatic heterocycles. The van der Waals surface area contributed by atoms with Crippen LogP contribution < -0.4 is 15.2 Å². The Morgan fingerprint density at radius 2 is 2.06 bits per heavy atom. The van der Waals surface area contributed by atoms with E-state index >= 15 is 0 Å². The number of aliphatic imine (C=N–C) groups is 1. The van der Waals surface area contributed by atoms with Crippen LogP contribution in [0.5, 0.6) is 11.5 Å². The van der Waals surface area contributed by atoms with Crippen LogP contribution in [0, 0.1) is 0 Å². The van der Waals surface area contributed by atoms with Crippen molar-refractivity contribution in [2.75, 3.05) is 14.2 Å². The first kappa shape index (κ1) is 12.4. The van der Waals surface area contributed by atoms with Crippen molar-refractivity contribution in [3.63, 3.8) is 0 Å². The number of benzene rings is 1. The minimum atomic E-state index is 0.617. The van der Waals surface area contributed by atoms with E-state index in [1.54, 1.807) is 20.3 Å². The molecule has 0 amide bonds. The predicted octanol–water partition coefficient (Wildman–Crippen LogP) is 2.49. The molecule has 1 aromatic rings. The molecule has 1 aromatic carbocycles. The van der Waals surface area contributed by atoms with Gasteiger partial charge in [0.1, 0.15) is 17.2 Å². The van der Waals surface area contributed by atoms with Gasteiger partial charge >= 0.3 is 0 Å². The Bertz CT molecular complexity index is 375. The Labute approximate surface area is 96.1 Å². The van der Waals surface area contributed by atoms with Crippen molar-refractivity contribution in [2.24, 2.45) is 10.7 Å². The topological polar surface area (TPSA) is 56.8 Å². The van der Waals surface area contributed by atoms with Crippen molar-refractivity contribution in [2.45, 2.75) is 19.8 Å². The second kappa shape index (κ2) is 6.00. The lowest BCUT2D eigenvalue weighted by atomic mass is 10.2. The molecule has 0 aliphatic carbocycles. The van der Waals surface area contributed by atoms with Gasteiger partial charge in [-0.3, -0.25) is 0 Å². The van der Waals surface area contributed by atoms with Crippen molar-refractivity contribution in [1.29, 1.82) is 0 Å². The highest BCUT2D eigenvalue weighted by Crippen LogP contribution is 2.31. The molecular weight excluding hydrogens is 204 g/mol. The molecule has 0 atom stereocenters. The number of hydrogen-bond acceptors (Lipinski definition) is 3. The predicted molar refractivity (Wildman–Crippen MR) is 65.7 cm³/mol. The lowest BCUT2D eigenvalue weighted by Crippen LogP contribution is -2.10. The molecule has 0 bridgehead atoms. The van der Waals surface area contributed by atoms with Crippen LogP contribution in [0.25, 0.3) is 0 Å². The number of hydrogen-bond donors (Lipinski definition) is 1. The highest BCUT2D eigenvalue weighted by atomic mass is 16.5. The average molecular weight is 222 g/mol. The van der Waals surface area contributed by atoms with Gasteiger partial charge in [-0.15, -0.1) is 0 Å². The summed E-state index contributed by atoms with van der Waals surface area (Å²) >= 11 is 0. The van der Waals surface area contributed by atoms with E-state index in [-0.39, 0.29) is 0 Å². The molecule has 0 heterocycles. The smallest absolute Gasteiger partial charge is 0.148 e. The third-order valence-electron chi connectivity index (χ3n) is 2.16. The van der Waals surface area contributed by atoms with Crippen LogP contribution in [0.2, 0.25) is 0 Å². The first-order chi connectivity index (χ1) is 7.71. The molecule has 4 heteroatoms. The van der Waals surface area contributed by atoms with Gasteiger partial charge in [-0.2, -0.15) is 0 Å². The fourth-order valence-corrected chi connectivity index (χ4v) is 1.34. The maximum atomic E-state index is 5.77. The van der Waals surface area contributed by atoms with Crippen LogP contribution in [-0.4, -0.2) is 20.1 Å². The highest BCUT2D eigenvalue weighted by Gasteiger charge is 2.04. The fourth-order valence-electron chi connectivity index (χ4n) is 1.34. The molecule has 1 rings (SSSR count). The highest BCUT2D eigenvalue weighted by molar-refractivity contribution is 5.84. The van der Waals surface area contributed by atoms with Crippen LogP contribution in [0.3, 0.4) is 0 Å². The van der Waals surface area contributed by atoms with Crippen LogP contribution in [0.1, 0.15) is 19.8 Å². The van der Waals surface area contributed by atoms with Crippen molar-refractivity contribution in [3.8, 4) is 11.5 Å². The Balaban J connectivity index is 2.99. The van der Waals surface area contributed by atoms with Crippen molar-refractivity contribution in [3.05, 3.63) is 18.2 Å². The van der Waals surface area contributed by atoms with Crippen molar-refractivity contribution in [1.82, 2.24) is 0 Å². The van der Waals surface area contributed by atoms with E-state index in [0.717, 1.165) is 24.3 Å². The number of rotatable bonds is 5. The molecule has 0 aliphatic heterocycles. The first-order valence-electron chi connectivity index (χ1n) is 5.26. The molecule has 0 spiro atoms.